The fourth-order valence-corrected chi connectivity index (χ4v) is 7.14. The summed E-state index contributed by atoms with van der Waals surface area (Å²) < 4.78 is 11.8. The minimum atomic E-state index is -0.603. The number of hydrogen-bond acceptors (Lipinski definition) is 4. The van der Waals surface area contributed by atoms with Gasteiger partial charge in [-0.3, -0.25) is 0 Å². The zero-order valence-corrected chi connectivity index (χ0v) is 19.9. The van der Waals surface area contributed by atoms with Gasteiger partial charge in [-0.25, -0.2) is 0 Å². The minimum absolute atomic E-state index is 0.0879. The van der Waals surface area contributed by atoms with E-state index in [1.807, 2.05) is 0 Å². The van der Waals surface area contributed by atoms with Crippen LogP contribution in [0.15, 0.2) is 11.6 Å². The van der Waals surface area contributed by atoms with E-state index >= 15 is 0 Å². The normalized spacial score (nSPS) is 39.5. The fourth-order valence-electron chi connectivity index (χ4n) is 7.14. The number of rotatable bonds is 8. The van der Waals surface area contributed by atoms with Crippen LogP contribution in [0.1, 0.15) is 98.3 Å². The van der Waals surface area contributed by atoms with Crippen molar-refractivity contribution in [3.05, 3.63) is 11.6 Å². The molecule has 2 aliphatic carbocycles. The Morgan fingerprint density at radius 2 is 1.87 bits per heavy atom. The largest absolute Gasteiger partial charge is 0.396 e. The summed E-state index contributed by atoms with van der Waals surface area (Å²) in [6, 6.07) is 0. The predicted octanol–water partition coefficient (Wildman–Crippen LogP) is 5.61. The second-order valence-electron chi connectivity index (χ2n) is 11.4. The van der Waals surface area contributed by atoms with Gasteiger partial charge in [0.2, 0.25) is 0 Å². The molecule has 2 N–H and O–H groups in total. The zero-order chi connectivity index (χ0) is 21.8. The van der Waals surface area contributed by atoms with Crippen molar-refractivity contribution in [2.75, 3.05) is 19.8 Å². The van der Waals surface area contributed by atoms with Crippen molar-refractivity contribution < 1.29 is 19.7 Å². The first-order chi connectivity index (χ1) is 14.2. The first-order valence-corrected chi connectivity index (χ1v) is 12.4. The third kappa shape index (κ3) is 5.49. The maximum Gasteiger partial charge on any atom is 0.158 e. The Hall–Kier alpha value is -0.420. The Kier molecular flexibility index (Phi) is 8.09. The Labute approximate surface area is 184 Å². The van der Waals surface area contributed by atoms with Crippen LogP contribution in [-0.2, 0) is 9.47 Å². The van der Waals surface area contributed by atoms with Crippen molar-refractivity contribution in [3.63, 3.8) is 0 Å². The molecule has 2 saturated carbocycles. The molecule has 30 heavy (non-hydrogen) atoms. The van der Waals surface area contributed by atoms with E-state index in [-0.39, 0.29) is 18.3 Å². The van der Waals surface area contributed by atoms with Gasteiger partial charge in [-0.15, -0.1) is 0 Å². The summed E-state index contributed by atoms with van der Waals surface area (Å²) in [5.74, 6) is 0.979. The number of hydrogen-bond donors (Lipinski definition) is 2. The Bertz CT molecular complexity index is 576. The van der Waals surface area contributed by atoms with E-state index in [2.05, 4.69) is 33.8 Å². The molecule has 174 valence electrons. The van der Waals surface area contributed by atoms with Gasteiger partial charge in [-0.2, -0.15) is 0 Å². The van der Waals surface area contributed by atoms with E-state index in [0.29, 0.717) is 30.3 Å². The average molecular weight is 423 g/mol. The molecule has 5 atom stereocenters. The predicted molar refractivity (Wildman–Crippen MR) is 121 cm³/mol. The summed E-state index contributed by atoms with van der Waals surface area (Å²) >= 11 is 0. The molecular weight excluding hydrogens is 376 g/mol. The van der Waals surface area contributed by atoms with Gasteiger partial charge >= 0.3 is 0 Å². The second kappa shape index (κ2) is 10.0. The average Bonchev–Trinajstić information content (AvgIpc) is 2.68. The van der Waals surface area contributed by atoms with Gasteiger partial charge in [0, 0.05) is 13.2 Å². The molecule has 1 saturated heterocycles. The lowest BCUT2D eigenvalue weighted by atomic mass is 9.45. The number of aliphatic hydroxyl groups excluding tert-OH is 1. The van der Waals surface area contributed by atoms with E-state index in [0.717, 1.165) is 45.1 Å². The van der Waals surface area contributed by atoms with Gasteiger partial charge < -0.3 is 19.7 Å². The van der Waals surface area contributed by atoms with Crippen molar-refractivity contribution in [1.29, 1.82) is 0 Å². The molecule has 1 unspecified atom stereocenters. The molecule has 0 bridgehead atoms. The monoisotopic (exact) mass is 422 g/mol. The van der Waals surface area contributed by atoms with Crippen molar-refractivity contribution in [2.24, 2.45) is 22.7 Å². The molecule has 0 aromatic heterocycles. The van der Waals surface area contributed by atoms with E-state index < -0.39 is 5.60 Å². The maximum atomic E-state index is 11.4. The molecule has 4 heteroatoms. The highest BCUT2D eigenvalue weighted by atomic mass is 16.7. The Morgan fingerprint density at radius 1 is 1.07 bits per heavy atom. The fraction of sp³-hybridized carbons (Fsp3) is 0.923. The molecule has 4 nitrogen and oxygen atoms in total. The van der Waals surface area contributed by atoms with E-state index in [4.69, 9.17) is 9.47 Å². The van der Waals surface area contributed by atoms with Gasteiger partial charge in [-0.05, 0) is 99.4 Å². The highest BCUT2D eigenvalue weighted by Gasteiger charge is 2.57. The van der Waals surface area contributed by atoms with Gasteiger partial charge in [0.05, 0.1) is 12.2 Å². The van der Waals surface area contributed by atoms with Crippen LogP contribution in [0.5, 0.6) is 0 Å². The van der Waals surface area contributed by atoms with Crippen LogP contribution < -0.4 is 0 Å². The van der Waals surface area contributed by atoms with Gasteiger partial charge in [0.1, 0.15) is 0 Å². The molecular formula is C26H46O4. The first-order valence-electron chi connectivity index (χ1n) is 12.4. The van der Waals surface area contributed by atoms with Crippen LogP contribution in [0, 0.1) is 22.7 Å². The van der Waals surface area contributed by atoms with Crippen LogP contribution in [-0.4, -0.2) is 41.9 Å². The van der Waals surface area contributed by atoms with E-state index in [9.17, 15) is 10.2 Å². The van der Waals surface area contributed by atoms with E-state index in [1.165, 1.54) is 31.3 Å². The third-order valence-electron chi connectivity index (χ3n) is 8.67. The van der Waals surface area contributed by atoms with Crippen molar-refractivity contribution in [2.45, 2.75) is 110 Å². The molecule has 1 aliphatic heterocycles. The lowest BCUT2D eigenvalue weighted by molar-refractivity contribution is -0.170. The summed E-state index contributed by atoms with van der Waals surface area (Å²) in [6.45, 7) is 10.9. The summed E-state index contributed by atoms with van der Waals surface area (Å²) in [7, 11) is 0. The third-order valence-corrected chi connectivity index (χ3v) is 8.67. The number of ether oxygens (including phenoxy) is 2. The van der Waals surface area contributed by atoms with Gasteiger partial charge in [0.15, 0.2) is 6.29 Å². The molecule has 3 rings (SSSR count). The smallest absolute Gasteiger partial charge is 0.158 e. The molecule has 1 heterocycles. The molecule has 0 spiro atoms. The quantitative estimate of drug-likeness (QED) is 0.499. The SMILES string of the molecule is CC1(C)CCC[C@]2(C)[C@@H](CC/C(=C/CCO)COC3CCCCO3)[C@](C)(O)CC[C@@H]12. The molecule has 3 fully saturated rings. The van der Waals surface area contributed by atoms with Gasteiger partial charge in [0.25, 0.3) is 0 Å². The number of fused-ring (bicyclic) bond motifs is 1. The molecule has 3 aliphatic rings. The second-order valence-corrected chi connectivity index (χ2v) is 11.4. The Balaban J connectivity index is 1.68. The standard InChI is InChI=1S/C26H46O4/c1-24(2)14-8-15-25(3)21(24)13-16-26(4,28)22(25)12-11-20(9-7-17-27)19-30-23-10-5-6-18-29-23/h9,21-23,27-28H,5-8,10-19H2,1-4H3/b20-9-/t21-,22+,23?,25-,26+/m0/s1. The molecule has 0 radical (unpaired) electrons. The highest BCUT2D eigenvalue weighted by Crippen LogP contribution is 2.63. The first kappa shape index (κ1) is 24.2. The van der Waals surface area contributed by atoms with Crippen LogP contribution in [0.3, 0.4) is 0 Å². The van der Waals surface area contributed by atoms with Crippen LogP contribution in [0.25, 0.3) is 0 Å². The number of aliphatic hydroxyl groups is 2. The Morgan fingerprint density at radius 3 is 2.57 bits per heavy atom. The lowest BCUT2D eigenvalue weighted by Gasteiger charge is -2.61. The minimum Gasteiger partial charge on any atom is -0.396 e. The molecule has 0 aromatic rings. The molecule has 0 aromatic carbocycles. The molecule has 0 amide bonds. The summed E-state index contributed by atoms with van der Waals surface area (Å²) in [4.78, 5) is 0. The zero-order valence-electron chi connectivity index (χ0n) is 19.9. The highest BCUT2D eigenvalue weighted by molar-refractivity contribution is 5.10. The summed E-state index contributed by atoms with van der Waals surface area (Å²) in [5, 5.41) is 20.8. The van der Waals surface area contributed by atoms with Crippen molar-refractivity contribution in [3.8, 4) is 0 Å². The summed E-state index contributed by atoms with van der Waals surface area (Å²) in [6.07, 6.45) is 13.7. The van der Waals surface area contributed by atoms with E-state index in [1.54, 1.807) is 0 Å². The van der Waals surface area contributed by atoms with Crippen molar-refractivity contribution in [1.82, 2.24) is 0 Å². The van der Waals surface area contributed by atoms with Crippen molar-refractivity contribution >= 4 is 0 Å². The summed E-state index contributed by atoms with van der Waals surface area (Å²) in [5.41, 5.74) is 1.20. The lowest BCUT2D eigenvalue weighted by Crippen LogP contribution is -2.57. The van der Waals surface area contributed by atoms with Crippen LogP contribution >= 0.6 is 0 Å². The van der Waals surface area contributed by atoms with Crippen LogP contribution in [0.4, 0.5) is 0 Å². The maximum absolute atomic E-state index is 11.4. The topological polar surface area (TPSA) is 58.9 Å². The van der Waals surface area contributed by atoms with Crippen LogP contribution in [0.2, 0.25) is 0 Å². The van der Waals surface area contributed by atoms with Gasteiger partial charge in [-0.1, -0.05) is 33.3 Å².